The molecule has 126 valence electrons. The van der Waals surface area contributed by atoms with Gasteiger partial charge in [-0.15, -0.1) is 0 Å². The van der Waals surface area contributed by atoms with E-state index in [0.29, 0.717) is 19.8 Å². The fourth-order valence-electron chi connectivity index (χ4n) is 2.60. The summed E-state index contributed by atoms with van der Waals surface area (Å²) in [6.45, 7) is 9.18. The van der Waals surface area contributed by atoms with Gasteiger partial charge in [0.2, 0.25) is 0 Å². The second-order valence-corrected chi connectivity index (χ2v) is 6.84. The molecular formula is C19H27NO3. The maximum absolute atomic E-state index is 12.0. The number of esters is 1. The maximum atomic E-state index is 12.0. The van der Waals surface area contributed by atoms with E-state index >= 15 is 0 Å². The van der Waals surface area contributed by atoms with Gasteiger partial charge in [-0.3, -0.25) is 9.69 Å². The molecule has 1 heterocycles. The summed E-state index contributed by atoms with van der Waals surface area (Å²) >= 11 is 0. The van der Waals surface area contributed by atoms with Crippen molar-refractivity contribution in [3.63, 3.8) is 0 Å². The lowest BCUT2D eigenvalue weighted by Gasteiger charge is -2.19. The average Bonchev–Trinajstić information content (AvgIpc) is 3.09. The van der Waals surface area contributed by atoms with Crippen LogP contribution in [-0.2, 0) is 20.9 Å². The molecule has 3 atom stereocenters. The topological polar surface area (TPSA) is 38.5 Å². The van der Waals surface area contributed by atoms with E-state index in [1.807, 2.05) is 52.0 Å². The minimum atomic E-state index is -0.442. The highest BCUT2D eigenvalue weighted by Crippen LogP contribution is 2.30. The summed E-state index contributed by atoms with van der Waals surface area (Å²) in [4.78, 5) is 14.1. The standard InChI is InChI=1S/C19H27NO3/c1-5-9-16-17(14-22-13-15-10-7-6-8-11-15)20(16)12-18(21)23-19(2,3)4/h5-11,16-17H,12-14H2,1-4H3/b9-5-/t16-,17-,20?/m1/s1. The highest BCUT2D eigenvalue weighted by atomic mass is 16.6. The van der Waals surface area contributed by atoms with Crippen molar-refractivity contribution in [3.05, 3.63) is 48.0 Å². The molecule has 0 saturated carbocycles. The lowest BCUT2D eigenvalue weighted by atomic mass is 10.2. The third kappa shape index (κ3) is 5.81. The van der Waals surface area contributed by atoms with E-state index in [1.165, 1.54) is 0 Å². The minimum Gasteiger partial charge on any atom is -0.459 e. The highest BCUT2D eigenvalue weighted by Gasteiger charge is 2.46. The fraction of sp³-hybridized carbons (Fsp3) is 0.526. The molecule has 0 spiro atoms. The normalized spacial score (nSPS) is 23.9. The third-order valence-corrected chi connectivity index (χ3v) is 3.63. The van der Waals surface area contributed by atoms with E-state index in [9.17, 15) is 4.79 Å². The van der Waals surface area contributed by atoms with Crippen molar-refractivity contribution in [2.24, 2.45) is 0 Å². The molecule has 0 radical (unpaired) electrons. The van der Waals surface area contributed by atoms with Crippen molar-refractivity contribution < 1.29 is 14.3 Å². The molecule has 1 aliphatic heterocycles. The first-order valence-corrected chi connectivity index (χ1v) is 8.13. The van der Waals surface area contributed by atoms with Crippen LogP contribution >= 0.6 is 0 Å². The Morgan fingerprint density at radius 1 is 1.26 bits per heavy atom. The molecule has 1 aromatic rings. The van der Waals surface area contributed by atoms with Crippen molar-refractivity contribution in [1.82, 2.24) is 4.90 Å². The number of hydrogen-bond acceptors (Lipinski definition) is 4. The number of allylic oxidation sites excluding steroid dienone is 1. The van der Waals surface area contributed by atoms with Crippen LogP contribution in [0, 0.1) is 0 Å². The smallest absolute Gasteiger partial charge is 0.320 e. The molecule has 0 amide bonds. The largest absolute Gasteiger partial charge is 0.459 e. The number of carbonyl (C=O) groups excluding carboxylic acids is 1. The zero-order valence-electron chi connectivity index (χ0n) is 14.5. The average molecular weight is 317 g/mol. The first kappa shape index (κ1) is 17.7. The highest BCUT2D eigenvalue weighted by molar-refractivity contribution is 5.72. The van der Waals surface area contributed by atoms with Crippen LogP contribution in [0.25, 0.3) is 0 Å². The SMILES string of the molecule is C/C=C\[C@@H]1[C@@H](COCc2ccccc2)N1CC(=O)OC(C)(C)C. The van der Waals surface area contributed by atoms with Crippen LogP contribution in [0.1, 0.15) is 33.3 Å². The fourth-order valence-corrected chi connectivity index (χ4v) is 2.60. The Balaban J connectivity index is 1.79. The van der Waals surface area contributed by atoms with Gasteiger partial charge in [0.05, 0.1) is 25.8 Å². The van der Waals surface area contributed by atoms with E-state index in [-0.39, 0.29) is 18.1 Å². The van der Waals surface area contributed by atoms with Crippen LogP contribution < -0.4 is 0 Å². The molecule has 0 aliphatic carbocycles. The van der Waals surface area contributed by atoms with Crippen LogP contribution in [0.5, 0.6) is 0 Å². The van der Waals surface area contributed by atoms with Crippen molar-refractivity contribution >= 4 is 5.97 Å². The van der Waals surface area contributed by atoms with Crippen molar-refractivity contribution in [3.8, 4) is 0 Å². The summed E-state index contributed by atoms with van der Waals surface area (Å²) in [5.74, 6) is -0.183. The monoisotopic (exact) mass is 317 g/mol. The van der Waals surface area contributed by atoms with Gasteiger partial charge >= 0.3 is 5.97 Å². The Bertz CT molecular complexity index is 533. The lowest BCUT2D eigenvalue weighted by Crippen LogP contribution is -2.29. The molecule has 4 heteroatoms. The van der Waals surface area contributed by atoms with Gasteiger partial charge in [0.15, 0.2) is 0 Å². The summed E-state index contributed by atoms with van der Waals surface area (Å²) in [5, 5.41) is 0. The Morgan fingerprint density at radius 2 is 1.96 bits per heavy atom. The van der Waals surface area contributed by atoms with Gasteiger partial charge in [-0.05, 0) is 33.3 Å². The maximum Gasteiger partial charge on any atom is 0.320 e. The van der Waals surface area contributed by atoms with E-state index in [2.05, 4.69) is 23.1 Å². The first-order chi connectivity index (χ1) is 10.9. The van der Waals surface area contributed by atoms with Crippen LogP contribution in [0.3, 0.4) is 0 Å². The van der Waals surface area contributed by atoms with E-state index < -0.39 is 5.60 Å². The minimum absolute atomic E-state index is 0.183. The molecule has 0 bridgehead atoms. The Morgan fingerprint density at radius 3 is 2.57 bits per heavy atom. The van der Waals surface area contributed by atoms with Gasteiger partial charge in [0, 0.05) is 6.04 Å². The summed E-state index contributed by atoms with van der Waals surface area (Å²) in [5.41, 5.74) is 0.720. The molecule has 1 aliphatic rings. The molecule has 1 saturated heterocycles. The van der Waals surface area contributed by atoms with Crippen LogP contribution in [0.2, 0.25) is 0 Å². The summed E-state index contributed by atoms with van der Waals surface area (Å²) in [7, 11) is 0. The number of benzene rings is 1. The lowest BCUT2D eigenvalue weighted by molar-refractivity contribution is -0.154. The van der Waals surface area contributed by atoms with Gasteiger partial charge in [-0.1, -0.05) is 42.5 Å². The van der Waals surface area contributed by atoms with E-state index in [4.69, 9.17) is 9.47 Å². The summed E-state index contributed by atoms with van der Waals surface area (Å²) in [6.07, 6.45) is 4.13. The van der Waals surface area contributed by atoms with Crippen LogP contribution in [0.15, 0.2) is 42.5 Å². The van der Waals surface area contributed by atoms with Crippen LogP contribution in [-0.4, -0.2) is 41.7 Å². The number of nitrogens with zero attached hydrogens (tertiary/aromatic N) is 1. The molecule has 1 fully saturated rings. The molecule has 23 heavy (non-hydrogen) atoms. The number of hydrogen-bond donors (Lipinski definition) is 0. The van der Waals surface area contributed by atoms with Crippen molar-refractivity contribution in [2.75, 3.05) is 13.2 Å². The third-order valence-electron chi connectivity index (χ3n) is 3.63. The Kier molecular flexibility index (Phi) is 5.97. The Labute approximate surface area is 139 Å². The molecule has 1 aromatic carbocycles. The predicted octanol–water partition coefficient (Wildman–Crippen LogP) is 3.17. The molecule has 4 nitrogen and oxygen atoms in total. The molecule has 2 rings (SSSR count). The molecular weight excluding hydrogens is 290 g/mol. The Hall–Kier alpha value is -1.65. The summed E-state index contributed by atoms with van der Waals surface area (Å²) in [6, 6.07) is 10.6. The summed E-state index contributed by atoms with van der Waals surface area (Å²) < 4.78 is 11.2. The van der Waals surface area contributed by atoms with E-state index in [0.717, 1.165) is 5.56 Å². The first-order valence-electron chi connectivity index (χ1n) is 8.13. The second-order valence-electron chi connectivity index (χ2n) is 6.84. The molecule has 0 aromatic heterocycles. The van der Waals surface area contributed by atoms with Gasteiger partial charge in [0.25, 0.3) is 0 Å². The van der Waals surface area contributed by atoms with Crippen LogP contribution in [0.4, 0.5) is 0 Å². The number of rotatable bonds is 7. The van der Waals surface area contributed by atoms with E-state index in [1.54, 1.807) is 0 Å². The predicted molar refractivity (Wildman–Crippen MR) is 91.0 cm³/mol. The second kappa shape index (κ2) is 7.75. The quantitative estimate of drug-likeness (QED) is 0.440. The molecule has 1 unspecified atom stereocenters. The zero-order valence-corrected chi connectivity index (χ0v) is 14.5. The van der Waals surface area contributed by atoms with Crippen molar-refractivity contribution in [1.29, 1.82) is 0 Å². The van der Waals surface area contributed by atoms with Crippen molar-refractivity contribution in [2.45, 2.75) is 52.0 Å². The molecule has 0 N–H and O–H groups in total. The van der Waals surface area contributed by atoms with Gasteiger partial charge in [-0.2, -0.15) is 0 Å². The number of carbonyl (C=O) groups is 1. The van der Waals surface area contributed by atoms with Gasteiger partial charge in [-0.25, -0.2) is 0 Å². The van der Waals surface area contributed by atoms with Gasteiger partial charge < -0.3 is 9.47 Å². The zero-order chi connectivity index (χ0) is 16.9. The van der Waals surface area contributed by atoms with Gasteiger partial charge in [0.1, 0.15) is 5.60 Å². The number of ether oxygens (including phenoxy) is 2.